The van der Waals surface area contributed by atoms with Crippen molar-refractivity contribution >= 4 is 27.5 Å². The molecule has 14 heavy (non-hydrogen) atoms. The Labute approximate surface area is 98.8 Å². The molecule has 0 aromatic carbocycles. The lowest BCUT2D eigenvalue weighted by atomic mass is 10.1. The maximum Gasteiger partial charge on any atom is 0.0814 e. The van der Waals surface area contributed by atoms with Gasteiger partial charge in [0.05, 0.1) is 16.9 Å². The van der Waals surface area contributed by atoms with Crippen LogP contribution < -0.4 is 0 Å². The van der Waals surface area contributed by atoms with E-state index in [1.807, 2.05) is 11.6 Å². The zero-order chi connectivity index (χ0) is 10.6. The first-order valence-corrected chi connectivity index (χ1v) is 6.39. The molecular weight excluding hydrogens is 263 g/mol. The van der Waals surface area contributed by atoms with Crippen molar-refractivity contribution in [1.29, 1.82) is 0 Å². The molecule has 0 aliphatic heterocycles. The van der Waals surface area contributed by atoms with Gasteiger partial charge in [0.2, 0.25) is 0 Å². The summed E-state index contributed by atoms with van der Waals surface area (Å²) >= 11 is 9.37. The van der Waals surface area contributed by atoms with Gasteiger partial charge in [-0.05, 0) is 25.7 Å². The lowest BCUT2D eigenvalue weighted by molar-refractivity contribution is 0.447. The van der Waals surface area contributed by atoms with Crippen molar-refractivity contribution in [1.82, 2.24) is 9.78 Å². The molecule has 0 saturated heterocycles. The second-order valence-electron chi connectivity index (χ2n) is 3.67. The fourth-order valence-electron chi connectivity index (χ4n) is 1.32. The molecule has 0 N–H and O–H groups in total. The van der Waals surface area contributed by atoms with Gasteiger partial charge in [-0.3, -0.25) is 4.68 Å². The zero-order valence-corrected chi connectivity index (χ0v) is 11.0. The van der Waals surface area contributed by atoms with Crippen molar-refractivity contribution in [2.75, 3.05) is 5.33 Å². The number of aromatic nitrogens is 2. The first kappa shape index (κ1) is 12.1. The molecule has 0 fully saturated rings. The predicted octanol–water partition coefficient (Wildman–Crippen LogP) is 3.66. The minimum atomic E-state index is 0.733. The maximum atomic E-state index is 5.92. The summed E-state index contributed by atoms with van der Waals surface area (Å²) in [4.78, 5) is 0. The molecule has 0 aliphatic rings. The van der Waals surface area contributed by atoms with E-state index in [2.05, 4.69) is 28.0 Å². The summed E-state index contributed by atoms with van der Waals surface area (Å²) in [7, 11) is 0. The summed E-state index contributed by atoms with van der Waals surface area (Å²) in [5, 5.41) is 6.06. The fourth-order valence-corrected chi connectivity index (χ4v) is 2.25. The van der Waals surface area contributed by atoms with E-state index in [4.69, 9.17) is 11.6 Å². The largest absolute Gasteiger partial charge is 0.268 e. The van der Waals surface area contributed by atoms with Crippen LogP contribution in [0, 0.1) is 12.8 Å². The highest BCUT2D eigenvalue weighted by molar-refractivity contribution is 9.09. The fraction of sp³-hybridized carbons (Fsp3) is 0.700. The van der Waals surface area contributed by atoms with Crippen LogP contribution in [0.4, 0.5) is 0 Å². The minimum Gasteiger partial charge on any atom is -0.268 e. The third kappa shape index (κ3) is 3.28. The number of halogens is 2. The van der Waals surface area contributed by atoms with Crippen molar-refractivity contribution in [3.63, 3.8) is 0 Å². The Hall–Kier alpha value is -0.0200. The Kier molecular flexibility index (Phi) is 4.96. The number of nitrogens with zero attached hydrogens (tertiary/aromatic N) is 2. The number of alkyl halides is 1. The van der Waals surface area contributed by atoms with E-state index < -0.39 is 0 Å². The van der Waals surface area contributed by atoms with Gasteiger partial charge in [-0.2, -0.15) is 5.10 Å². The summed E-state index contributed by atoms with van der Waals surface area (Å²) in [6.45, 7) is 5.24. The molecule has 1 heterocycles. The van der Waals surface area contributed by atoms with Crippen LogP contribution in [0.2, 0.25) is 5.02 Å². The van der Waals surface area contributed by atoms with Crippen molar-refractivity contribution in [3.8, 4) is 0 Å². The van der Waals surface area contributed by atoms with E-state index >= 15 is 0 Å². The lowest BCUT2D eigenvalue weighted by Crippen LogP contribution is -2.06. The summed E-state index contributed by atoms with van der Waals surface area (Å²) in [5.41, 5.74) is 1.07. The molecule has 0 saturated carbocycles. The Balaban J connectivity index is 2.41. The molecule has 0 radical (unpaired) electrons. The highest BCUT2D eigenvalue weighted by atomic mass is 79.9. The van der Waals surface area contributed by atoms with Gasteiger partial charge in [-0.1, -0.05) is 34.5 Å². The zero-order valence-electron chi connectivity index (χ0n) is 8.63. The molecule has 0 amide bonds. The third-order valence-corrected chi connectivity index (χ3v) is 3.31. The van der Waals surface area contributed by atoms with Gasteiger partial charge in [0.25, 0.3) is 0 Å². The molecule has 4 heteroatoms. The summed E-state index contributed by atoms with van der Waals surface area (Å²) in [6, 6.07) is 0. The van der Waals surface area contributed by atoms with Gasteiger partial charge in [0, 0.05) is 11.9 Å². The van der Waals surface area contributed by atoms with Crippen LogP contribution in [0.1, 0.15) is 25.5 Å². The van der Waals surface area contributed by atoms with E-state index in [9.17, 15) is 0 Å². The van der Waals surface area contributed by atoms with Crippen molar-refractivity contribution in [3.05, 3.63) is 16.9 Å². The Morgan fingerprint density at radius 1 is 1.57 bits per heavy atom. The van der Waals surface area contributed by atoms with E-state index in [-0.39, 0.29) is 0 Å². The molecule has 0 aliphatic carbocycles. The second kappa shape index (κ2) is 5.76. The molecule has 0 bridgehead atoms. The number of hydrogen-bond acceptors (Lipinski definition) is 1. The third-order valence-electron chi connectivity index (χ3n) is 2.48. The quantitative estimate of drug-likeness (QED) is 0.752. The summed E-state index contributed by atoms with van der Waals surface area (Å²) in [5.74, 6) is 0.733. The number of aryl methyl sites for hydroxylation is 1. The first-order chi connectivity index (χ1) is 6.65. The number of rotatable bonds is 5. The van der Waals surface area contributed by atoms with E-state index in [1.54, 1.807) is 6.20 Å². The molecule has 1 atom stereocenters. The van der Waals surface area contributed by atoms with E-state index in [1.165, 1.54) is 6.42 Å². The molecule has 80 valence electrons. The maximum absolute atomic E-state index is 5.92. The first-order valence-electron chi connectivity index (χ1n) is 4.89. The number of hydrogen-bond donors (Lipinski definition) is 0. The molecule has 1 aromatic heterocycles. The van der Waals surface area contributed by atoms with E-state index in [0.29, 0.717) is 0 Å². The summed E-state index contributed by atoms with van der Waals surface area (Å²) in [6.07, 6.45) is 4.09. The van der Waals surface area contributed by atoms with Crippen molar-refractivity contribution in [2.45, 2.75) is 33.2 Å². The molecule has 0 spiro atoms. The van der Waals surface area contributed by atoms with Gasteiger partial charge in [-0.15, -0.1) is 0 Å². The van der Waals surface area contributed by atoms with Crippen LogP contribution in [0.5, 0.6) is 0 Å². The highest BCUT2D eigenvalue weighted by Crippen LogP contribution is 2.16. The van der Waals surface area contributed by atoms with Gasteiger partial charge in [0.1, 0.15) is 0 Å². The topological polar surface area (TPSA) is 17.8 Å². The average Bonchev–Trinajstić information content (AvgIpc) is 2.46. The molecular formula is C10H16BrClN2. The highest BCUT2D eigenvalue weighted by Gasteiger charge is 2.06. The van der Waals surface area contributed by atoms with Gasteiger partial charge < -0.3 is 0 Å². The van der Waals surface area contributed by atoms with Crippen molar-refractivity contribution in [2.24, 2.45) is 5.92 Å². The molecule has 1 aromatic rings. The summed E-state index contributed by atoms with van der Waals surface area (Å²) < 4.78 is 1.98. The predicted molar refractivity (Wildman–Crippen MR) is 64.2 cm³/mol. The Morgan fingerprint density at radius 2 is 2.29 bits per heavy atom. The van der Waals surface area contributed by atoms with Gasteiger partial charge in [-0.25, -0.2) is 0 Å². The molecule has 2 nitrogen and oxygen atoms in total. The molecule has 1 rings (SSSR count). The Bertz CT molecular complexity index is 286. The standard InChI is InChI=1S/C10H16BrClN2/c1-8(3-5-11)4-6-14-9(2)10(12)7-13-14/h7-8H,3-6H2,1-2H3. The van der Waals surface area contributed by atoms with Gasteiger partial charge >= 0.3 is 0 Å². The minimum absolute atomic E-state index is 0.733. The van der Waals surface area contributed by atoms with Crippen LogP contribution in [0.15, 0.2) is 6.20 Å². The van der Waals surface area contributed by atoms with Crippen LogP contribution >= 0.6 is 27.5 Å². The smallest absolute Gasteiger partial charge is 0.0814 e. The molecule has 1 unspecified atom stereocenters. The normalized spacial score (nSPS) is 13.1. The monoisotopic (exact) mass is 278 g/mol. The van der Waals surface area contributed by atoms with Gasteiger partial charge in [0.15, 0.2) is 0 Å². The average molecular weight is 280 g/mol. The van der Waals surface area contributed by atoms with Crippen LogP contribution in [0.25, 0.3) is 0 Å². The van der Waals surface area contributed by atoms with Crippen molar-refractivity contribution < 1.29 is 0 Å². The van der Waals surface area contributed by atoms with E-state index in [0.717, 1.165) is 34.9 Å². The van der Waals surface area contributed by atoms with Crippen LogP contribution in [-0.4, -0.2) is 15.1 Å². The Morgan fingerprint density at radius 3 is 2.79 bits per heavy atom. The second-order valence-corrected chi connectivity index (χ2v) is 4.87. The van der Waals surface area contributed by atoms with Crippen LogP contribution in [0.3, 0.4) is 0 Å². The van der Waals surface area contributed by atoms with Crippen LogP contribution in [-0.2, 0) is 6.54 Å². The lowest BCUT2D eigenvalue weighted by Gasteiger charge is -2.10. The SMILES string of the molecule is Cc1c(Cl)cnn1CCC(C)CCBr.